The van der Waals surface area contributed by atoms with Crippen molar-refractivity contribution in [2.24, 2.45) is 0 Å². The van der Waals surface area contributed by atoms with Gasteiger partial charge in [-0.2, -0.15) is 0 Å². The minimum atomic E-state index is -1.03. The van der Waals surface area contributed by atoms with Crippen LogP contribution in [0, 0.1) is 0 Å². The number of allylic oxidation sites excluding steroid dienone is 1. The maximum Gasteiger partial charge on any atom is 0.0716 e. The standard InChI is InChI=1S/C10H24Si2/c1-10(12(5,6)7)8-9-11(2,3)4/h1,8-9H2,2-7H3. The first kappa shape index (κ1) is 12.2. The predicted molar refractivity (Wildman–Crippen MR) is 65.3 cm³/mol. The van der Waals surface area contributed by atoms with Crippen LogP contribution in [0.1, 0.15) is 6.42 Å². The van der Waals surface area contributed by atoms with E-state index in [1.54, 1.807) is 5.20 Å². The van der Waals surface area contributed by atoms with Crippen LogP contribution in [-0.2, 0) is 0 Å². The van der Waals surface area contributed by atoms with Gasteiger partial charge in [0.15, 0.2) is 0 Å². The van der Waals surface area contributed by atoms with Gasteiger partial charge in [-0.15, -0.1) is 6.58 Å². The number of hydrogen-bond acceptors (Lipinski definition) is 0. The molecule has 2 heteroatoms. The van der Waals surface area contributed by atoms with Crippen LogP contribution >= 0.6 is 0 Å². The van der Waals surface area contributed by atoms with Crippen molar-refractivity contribution in [2.45, 2.75) is 51.7 Å². The van der Waals surface area contributed by atoms with Crippen LogP contribution in [0.4, 0.5) is 0 Å². The number of rotatable bonds is 4. The second-order valence-corrected chi connectivity index (χ2v) is 16.7. The Morgan fingerprint density at radius 3 is 1.67 bits per heavy atom. The fourth-order valence-electron chi connectivity index (χ4n) is 0.901. The van der Waals surface area contributed by atoms with Crippen LogP contribution in [0.5, 0.6) is 0 Å². The quantitative estimate of drug-likeness (QED) is 0.598. The minimum absolute atomic E-state index is 0.837. The second kappa shape index (κ2) is 3.92. The summed E-state index contributed by atoms with van der Waals surface area (Å²) < 4.78 is 0. The SMILES string of the molecule is C=C(CC[Si](C)(C)C)[Si](C)(C)C. The molecule has 0 fully saturated rings. The molecule has 72 valence electrons. The van der Waals surface area contributed by atoms with E-state index in [1.807, 2.05) is 0 Å². The summed E-state index contributed by atoms with van der Waals surface area (Å²) in [6, 6.07) is 1.41. The summed E-state index contributed by atoms with van der Waals surface area (Å²) >= 11 is 0. The first-order valence-electron chi connectivity index (χ1n) is 4.81. The normalized spacial score (nSPS) is 13.2. The van der Waals surface area contributed by atoms with Crippen LogP contribution in [0.2, 0.25) is 45.3 Å². The van der Waals surface area contributed by atoms with Crippen LogP contribution in [0.3, 0.4) is 0 Å². The Kier molecular flexibility index (Phi) is 3.98. The van der Waals surface area contributed by atoms with E-state index in [0.29, 0.717) is 0 Å². The molecule has 0 radical (unpaired) electrons. The maximum atomic E-state index is 4.21. The van der Waals surface area contributed by atoms with Gasteiger partial charge < -0.3 is 0 Å². The molecule has 0 aliphatic carbocycles. The lowest BCUT2D eigenvalue weighted by atomic mass is 10.5. The molecule has 0 aromatic heterocycles. The highest BCUT2D eigenvalue weighted by Crippen LogP contribution is 2.21. The molecular formula is C10H24Si2. The third kappa shape index (κ3) is 5.78. The molecule has 0 aromatic rings. The molecule has 0 atom stereocenters. The zero-order valence-corrected chi connectivity index (χ0v) is 11.6. The first-order valence-corrected chi connectivity index (χ1v) is 12.0. The monoisotopic (exact) mass is 200 g/mol. The van der Waals surface area contributed by atoms with E-state index in [-0.39, 0.29) is 0 Å². The molecule has 0 amide bonds. The van der Waals surface area contributed by atoms with E-state index in [0.717, 1.165) is 0 Å². The first-order chi connectivity index (χ1) is 5.13. The maximum absolute atomic E-state index is 4.21. The van der Waals surface area contributed by atoms with Crippen molar-refractivity contribution in [1.29, 1.82) is 0 Å². The van der Waals surface area contributed by atoms with E-state index >= 15 is 0 Å². The van der Waals surface area contributed by atoms with Crippen LogP contribution in [0.25, 0.3) is 0 Å². The van der Waals surface area contributed by atoms with Crippen molar-refractivity contribution in [2.75, 3.05) is 0 Å². The highest BCUT2D eigenvalue weighted by atomic mass is 28.3. The van der Waals surface area contributed by atoms with Gasteiger partial charge in [-0.05, 0) is 6.42 Å². The van der Waals surface area contributed by atoms with Crippen molar-refractivity contribution in [1.82, 2.24) is 0 Å². The van der Waals surface area contributed by atoms with Crippen molar-refractivity contribution in [3.8, 4) is 0 Å². The van der Waals surface area contributed by atoms with Gasteiger partial charge in [0.05, 0.1) is 8.07 Å². The van der Waals surface area contributed by atoms with E-state index in [2.05, 4.69) is 45.9 Å². The third-order valence-electron chi connectivity index (χ3n) is 2.24. The molecule has 0 bridgehead atoms. The lowest BCUT2D eigenvalue weighted by Gasteiger charge is -2.23. The zero-order chi connectivity index (χ0) is 9.99. The summed E-state index contributed by atoms with van der Waals surface area (Å²) in [5.41, 5.74) is 0. The van der Waals surface area contributed by atoms with Gasteiger partial charge in [-0.3, -0.25) is 0 Å². The van der Waals surface area contributed by atoms with Gasteiger partial charge in [-0.25, -0.2) is 0 Å². The van der Waals surface area contributed by atoms with E-state index in [9.17, 15) is 0 Å². The fourth-order valence-corrected chi connectivity index (χ4v) is 3.08. The van der Waals surface area contributed by atoms with Crippen molar-refractivity contribution >= 4 is 16.1 Å². The molecule has 0 N–H and O–H groups in total. The van der Waals surface area contributed by atoms with Crippen LogP contribution < -0.4 is 0 Å². The van der Waals surface area contributed by atoms with Gasteiger partial charge in [0.2, 0.25) is 0 Å². The van der Waals surface area contributed by atoms with Crippen LogP contribution in [0.15, 0.2) is 11.8 Å². The lowest BCUT2D eigenvalue weighted by molar-refractivity contribution is 1.12. The summed E-state index contributed by atoms with van der Waals surface area (Å²) in [5.74, 6) is 0. The third-order valence-corrected chi connectivity index (χ3v) is 6.36. The highest BCUT2D eigenvalue weighted by molar-refractivity contribution is 6.83. The molecule has 0 unspecified atom stereocenters. The van der Waals surface area contributed by atoms with Crippen molar-refractivity contribution < 1.29 is 0 Å². The van der Waals surface area contributed by atoms with Crippen LogP contribution in [-0.4, -0.2) is 16.1 Å². The summed E-state index contributed by atoms with van der Waals surface area (Å²) in [4.78, 5) is 0. The molecule has 0 aliphatic heterocycles. The van der Waals surface area contributed by atoms with E-state index in [1.165, 1.54) is 12.5 Å². The van der Waals surface area contributed by atoms with Gasteiger partial charge in [0, 0.05) is 8.07 Å². The second-order valence-electron chi connectivity index (χ2n) is 5.91. The Balaban J connectivity index is 3.90. The lowest BCUT2D eigenvalue weighted by Crippen LogP contribution is -2.26. The topological polar surface area (TPSA) is 0 Å². The van der Waals surface area contributed by atoms with Crippen molar-refractivity contribution in [3.05, 3.63) is 11.8 Å². The average Bonchev–Trinajstić information content (AvgIpc) is 1.78. The van der Waals surface area contributed by atoms with Crippen molar-refractivity contribution in [3.63, 3.8) is 0 Å². The van der Waals surface area contributed by atoms with Gasteiger partial charge in [0.1, 0.15) is 0 Å². The number of hydrogen-bond donors (Lipinski definition) is 0. The Hall–Kier alpha value is 0.174. The van der Waals surface area contributed by atoms with E-state index < -0.39 is 16.1 Å². The summed E-state index contributed by atoms with van der Waals surface area (Å²) in [7, 11) is -1.87. The molecule has 0 heterocycles. The minimum Gasteiger partial charge on any atom is -0.104 e. The zero-order valence-electron chi connectivity index (χ0n) is 9.62. The van der Waals surface area contributed by atoms with Gasteiger partial charge >= 0.3 is 0 Å². The Bertz CT molecular complexity index is 158. The molecule has 0 nitrogen and oxygen atoms in total. The average molecular weight is 200 g/mol. The molecule has 0 aliphatic rings. The highest BCUT2D eigenvalue weighted by Gasteiger charge is 2.20. The van der Waals surface area contributed by atoms with Gasteiger partial charge in [-0.1, -0.05) is 50.5 Å². The smallest absolute Gasteiger partial charge is 0.0716 e. The molecule has 0 rings (SSSR count). The van der Waals surface area contributed by atoms with Gasteiger partial charge in [0.25, 0.3) is 0 Å². The Morgan fingerprint density at radius 2 is 1.42 bits per heavy atom. The summed E-state index contributed by atoms with van der Waals surface area (Å²) in [6.07, 6.45) is 1.28. The van der Waals surface area contributed by atoms with E-state index in [4.69, 9.17) is 0 Å². The molecular weight excluding hydrogens is 176 g/mol. The largest absolute Gasteiger partial charge is 0.104 e. The molecule has 0 saturated carbocycles. The Morgan fingerprint density at radius 1 is 1.00 bits per heavy atom. The summed E-state index contributed by atoms with van der Waals surface area (Å²) in [5, 5.41) is 1.55. The predicted octanol–water partition coefficient (Wildman–Crippen LogP) is 4.15. The fraction of sp³-hybridized carbons (Fsp3) is 0.800. The molecule has 0 aromatic carbocycles. The molecule has 0 spiro atoms. The Labute approximate surface area is 80.1 Å². The molecule has 12 heavy (non-hydrogen) atoms. The summed E-state index contributed by atoms with van der Waals surface area (Å²) in [6.45, 7) is 18.7. The molecule has 0 saturated heterocycles.